The molecule has 2 rings (SSSR count). The van der Waals surface area contributed by atoms with Gasteiger partial charge in [0.25, 0.3) is 0 Å². The zero-order valence-electron chi connectivity index (χ0n) is 15.3. The third-order valence-electron chi connectivity index (χ3n) is 5.54. The first-order valence-corrected chi connectivity index (χ1v) is 8.91. The van der Waals surface area contributed by atoms with Crippen molar-refractivity contribution in [1.29, 1.82) is 0 Å². The Morgan fingerprint density at radius 2 is 2.15 bits per heavy atom. The van der Waals surface area contributed by atoms with E-state index in [0.717, 1.165) is 25.1 Å². The predicted octanol–water partition coefficient (Wildman–Crippen LogP) is 0.944. The minimum absolute atomic E-state index is 0.0389. The van der Waals surface area contributed by atoms with Crippen LogP contribution in [0.25, 0.3) is 0 Å². The number of piperidine rings is 1. The lowest BCUT2D eigenvalue weighted by molar-refractivity contribution is -0.143. The van der Waals surface area contributed by atoms with E-state index in [4.69, 9.17) is 10.2 Å². The van der Waals surface area contributed by atoms with E-state index >= 15 is 0 Å². The molecule has 7 nitrogen and oxygen atoms in total. The monoisotopic (exact) mass is 364 g/mol. The van der Waals surface area contributed by atoms with Gasteiger partial charge in [0.05, 0.1) is 6.61 Å². The molecule has 0 unspecified atom stereocenters. The maximum absolute atomic E-state index is 11.9. The molecule has 1 aromatic rings. The molecule has 0 aliphatic carbocycles. The van der Waals surface area contributed by atoms with E-state index in [2.05, 4.69) is 24.1 Å². The Bertz CT molecular complexity index is 651. The van der Waals surface area contributed by atoms with Crippen LogP contribution in [0.2, 0.25) is 0 Å². The number of carbonyl (C=O) groups excluding carboxylic acids is 1. The number of aromatic hydroxyl groups is 1. The fraction of sp³-hybridized carbons (Fsp3) is 0.579. The van der Waals surface area contributed by atoms with Gasteiger partial charge in [0.1, 0.15) is 11.8 Å². The number of aliphatic hydroxyl groups is 1. The molecule has 144 valence electrons. The summed E-state index contributed by atoms with van der Waals surface area (Å²) in [7, 11) is 0. The highest BCUT2D eigenvalue weighted by atomic mass is 16.4. The van der Waals surface area contributed by atoms with Crippen LogP contribution in [0, 0.1) is 5.92 Å². The Kier molecular flexibility index (Phi) is 6.61. The number of nitrogens with one attached hydrogen (secondary N) is 1. The van der Waals surface area contributed by atoms with E-state index in [9.17, 15) is 14.7 Å². The minimum Gasteiger partial charge on any atom is -0.508 e. The molecule has 0 spiro atoms. The summed E-state index contributed by atoms with van der Waals surface area (Å²) in [5.41, 5.74) is 1.08. The lowest BCUT2D eigenvalue weighted by atomic mass is 9.68. The van der Waals surface area contributed by atoms with Crippen molar-refractivity contribution >= 4 is 11.9 Å². The third kappa shape index (κ3) is 4.74. The first-order chi connectivity index (χ1) is 12.3. The molecular formula is C19H28N2O5. The summed E-state index contributed by atoms with van der Waals surface area (Å²) in [6, 6.07) is 6.14. The Morgan fingerprint density at radius 1 is 1.42 bits per heavy atom. The van der Waals surface area contributed by atoms with Crippen molar-refractivity contribution in [3.8, 4) is 5.75 Å². The molecular weight excluding hydrogens is 336 g/mol. The molecule has 0 saturated carbocycles. The number of hydrogen-bond acceptors (Lipinski definition) is 5. The zero-order chi connectivity index (χ0) is 19.3. The highest BCUT2D eigenvalue weighted by Gasteiger charge is 2.38. The van der Waals surface area contributed by atoms with Gasteiger partial charge in [-0.25, -0.2) is 4.79 Å². The van der Waals surface area contributed by atoms with Crippen LogP contribution in [0.4, 0.5) is 0 Å². The minimum atomic E-state index is -1.25. The van der Waals surface area contributed by atoms with Gasteiger partial charge in [-0.1, -0.05) is 26.0 Å². The number of nitrogens with zero attached hydrogens (tertiary/aromatic N) is 1. The summed E-state index contributed by atoms with van der Waals surface area (Å²) in [5, 5.41) is 29.9. The standard InChI is InChI=1S/C19H28N2O5/c1-13-11-21(8-6-17(24)20-16(12-22)18(25)26)9-7-19(13,2)14-4-3-5-15(23)10-14/h3-5,10,13,16,22-23H,6-9,11-12H2,1-2H3,(H,20,24)(H,25,26)/t13-,16-,19+/m0/s1. The van der Waals surface area contributed by atoms with Crippen molar-refractivity contribution in [3.05, 3.63) is 29.8 Å². The Morgan fingerprint density at radius 3 is 2.73 bits per heavy atom. The fourth-order valence-corrected chi connectivity index (χ4v) is 3.52. The Balaban J connectivity index is 1.88. The molecule has 1 aromatic carbocycles. The quantitative estimate of drug-likeness (QED) is 0.573. The molecule has 0 bridgehead atoms. The van der Waals surface area contributed by atoms with Crippen molar-refractivity contribution in [3.63, 3.8) is 0 Å². The second-order valence-electron chi connectivity index (χ2n) is 7.31. The van der Waals surface area contributed by atoms with Crippen LogP contribution < -0.4 is 5.32 Å². The number of likely N-dealkylation sites (tertiary alicyclic amines) is 1. The van der Waals surface area contributed by atoms with Gasteiger partial charge in [-0.2, -0.15) is 0 Å². The van der Waals surface area contributed by atoms with Crippen LogP contribution in [0.5, 0.6) is 5.75 Å². The summed E-state index contributed by atoms with van der Waals surface area (Å²) in [5.74, 6) is -1.01. The van der Waals surface area contributed by atoms with Gasteiger partial charge in [-0.15, -0.1) is 0 Å². The summed E-state index contributed by atoms with van der Waals surface area (Å²) in [6.07, 6.45) is 1.10. The molecule has 7 heteroatoms. The largest absolute Gasteiger partial charge is 0.508 e. The van der Waals surface area contributed by atoms with Gasteiger partial charge >= 0.3 is 5.97 Å². The second kappa shape index (κ2) is 8.51. The molecule has 0 aromatic heterocycles. The molecule has 1 aliphatic heterocycles. The smallest absolute Gasteiger partial charge is 0.328 e. The molecule has 3 atom stereocenters. The number of phenols is 1. The zero-order valence-corrected chi connectivity index (χ0v) is 15.3. The number of carbonyl (C=O) groups is 2. The second-order valence-corrected chi connectivity index (χ2v) is 7.31. The topological polar surface area (TPSA) is 110 Å². The van der Waals surface area contributed by atoms with Crippen LogP contribution in [-0.4, -0.2) is 64.4 Å². The van der Waals surface area contributed by atoms with Crippen molar-refractivity contribution in [2.75, 3.05) is 26.2 Å². The van der Waals surface area contributed by atoms with E-state index in [-0.39, 0.29) is 23.5 Å². The number of carboxylic acid groups (broad SMARTS) is 1. The predicted molar refractivity (Wildman–Crippen MR) is 96.9 cm³/mol. The van der Waals surface area contributed by atoms with Crippen molar-refractivity contribution in [2.24, 2.45) is 5.92 Å². The average Bonchev–Trinajstić information content (AvgIpc) is 2.60. The molecule has 1 saturated heterocycles. The van der Waals surface area contributed by atoms with Crippen molar-refractivity contribution in [2.45, 2.75) is 38.1 Å². The van der Waals surface area contributed by atoms with Gasteiger partial charge in [-0.05, 0) is 42.0 Å². The van der Waals surface area contributed by atoms with Crippen LogP contribution in [-0.2, 0) is 15.0 Å². The maximum Gasteiger partial charge on any atom is 0.328 e. The summed E-state index contributed by atoms with van der Waals surface area (Å²) in [4.78, 5) is 24.9. The molecule has 1 aliphatic rings. The number of rotatable bonds is 7. The molecule has 1 fully saturated rings. The number of aliphatic hydroxyl groups excluding tert-OH is 1. The number of benzene rings is 1. The van der Waals surface area contributed by atoms with Gasteiger partial charge in [0, 0.05) is 19.5 Å². The molecule has 1 heterocycles. The van der Waals surface area contributed by atoms with Crippen molar-refractivity contribution in [1.82, 2.24) is 10.2 Å². The highest BCUT2D eigenvalue weighted by molar-refractivity contribution is 5.83. The molecule has 0 radical (unpaired) electrons. The first kappa shape index (κ1) is 20.2. The van der Waals surface area contributed by atoms with E-state index in [0.29, 0.717) is 12.5 Å². The number of phenolic OH excluding ortho intramolecular Hbond substituents is 1. The summed E-state index contributed by atoms with van der Waals surface area (Å²) in [6.45, 7) is 5.94. The average molecular weight is 364 g/mol. The van der Waals surface area contributed by atoms with E-state index in [1.807, 2.05) is 18.2 Å². The van der Waals surface area contributed by atoms with Crippen LogP contribution in [0.15, 0.2) is 24.3 Å². The van der Waals surface area contributed by atoms with E-state index < -0.39 is 18.6 Å². The van der Waals surface area contributed by atoms with Crippen LogP contribution >= 0.6 is 0 Å². The third-order valence-corrected chi connectivity index (χ3v) is 5.54. The fourth-order valence-electron chi connectivity index (χ4n) is 3.52. The van der Waals surface area contributed by atoms with Gasteiger partial charge in [0.2, 0.25) is 5.91 Å². The normalized spacial score (nSPS) is 24.8. The first-order valence-electron chi connectivity index (χ1n) is 8.91. The van der Waals surface area contributed by atoms with Crippen molar-refractivity contribution < 1.29 is 24.9 Å². The lowest BCUT2D eigenvalue weighted by Gasteiger charge is -2.45. The summed E-state index contributed by atoms with van der Waals surface area (Å²) >= 11 is 0. The molecule has 4 N–H and O–H groups in total. The number of amides is 1. The Labute approximate surface area is 153 Å². The van der Waals surface area contributed by atoms with Gasteiger partial charge < -0.3 is 25.5 Å². The molecule has 1 amide bonds. The summed E-state index contributed by atoms with van der Waals surface area (Å²) < 4.78 is 0. The highest BCUT2D eigenvalue weighted by Crippen LogP contribution is 2.40. The van der Waals surface area contributed by atoms with Gasteiger partial charge in [-0.3, -0.25) is 4.79 Å². The SMILES string of the molecule is C[C@H]1CN(CCC(=O)N[C@@H](CO)C(=O)O)CC[C@@]1(C)c1cccc(O)c1. The number of aliphatic carboxylic acids is 1. The van der Waals surface area contributed by atoms with Crippen LogP contribution in [0.1, 0.15) is 32.3 Å². The van der Waals surface area contributed by atoms with Gasteiger partial charge in [0.15, 0.2) is 0 Å². The number of carboxylic acids is 1. The molecule has 26 heavy (non-hydrogen) atoms. The van der Waals surface area contributed by atoms with E-state index in [1.54, 1.807) is 6.07 Å². The lowest BCUT2D eigenvalue weighted by Crippen LogP contribution is -2.49. The van der Waals surface area contributed by atoms with Crippen LogP contribution in [0.3, 0.4) is 0 Å². The Hall–Kier alpha value is -2.12. The number of hydrogen-bond donors (Lipinski definition) is 4. The van der Waals surface area contributed by atoms with E-state index in [1.165, 1.54) is 0 Å². The maximum atomic E-state index is 11.9.